The molecule has 0 aromatic heterocycles. The topological polar surface area (TPSA) is 56.4 Å². The molecular formula is C25H22F4N4OS. The van der Waals surface area contributed by atoms with E-state index in [1.165, 1.54) is 18.2 Å². The summed E-state index contributed by atoms with van der Waals surface area (Å²) < 4.78 is 54.1. The Morgan fingerprint density at radius 3 is 2.06 bits per heavy atom. The number of alkyl halides is 3. The fourth-order valence-electron chi connectivity index (χ4n) is 3.78. The molecule has 4 rings (SSSR count). The Morgan fingerprint density at radius 1 is 0.829 bits per heavy atom. The van der Waals surface area contributed by atoms with Crippen molar-refractivity contribution in [3.8, 4) is 0 Å². The SMILES string of the molecule is O=C(Nc1ccc(NC(=S)Nc2cc(N3CCCC3)cc(C(F)(F)F)c2)cc1)c1ccccc1F. The van der Waals surface area contributed by atoms with Gasteiger partial charge in [0.25, 0.3) is 5.91 Å². The van der Waals surface area contributed by atoms with Gasteiger partial charge >= 0.3 is 6.18 Å². The Balaban J connectivity index is 1.41. The van der Waals surface area contributed by atoms with Crippen molar-refractivity contribution < 1.29 is 22.4 Å². The predicted molar refractivity (Wildman–Crippen MR) is 134 cm³/mol. The monoisotopic (exact) mass is 502 g/mol. The van der Waals surface area contributed by atoms with Crippen molar-refractivity contribution in [2.75, 3.05) is 33.9 Å². The maximum atomic E-state index is 13.8. The molecule has 1 aliphatic rings. The first-order chi connectivity index (χ1) is 16.7. The van der Waals surface area contributed by atoms with Gasteiger partial charge in [0.1, 0.15) is 5.82 Å². The number of halogens is 4. The molecule has 5 nitrogen and oxygen atoms in total. The number of nitrogens with one attached hydrogen (secondary N) is 3. The van der Waals surface area contributed by atoms with E-state index in [0.29, 0.717) is 30.2 Å². The molecule has 10 heteroatoms. The minimum absolute atomic E-state index is 0.0746. The normalized spacial score (nSPS) is 13.4. The lowest BCUT2D eigenvalue weighted by molar-refractivity contribution is -0.137. The second-order valence-corrected chi connectivity index (χ2v) is 8.46. The van der Waals surface area contributed by atoms with Gasteiger partial charge in [-0.05, 0) is 79.7 Å². The van der Waals surface area contributed by atoms with E-state index in [4.69, 9.17) is 12.2 Å². The summed E-state index contributed by atoms with van der Waals surface area (Å²) in [6.45, 7) is 1.42. The van der Waals surface area contributed by atoms with Gasteiger partial charge in [-0.1, -0.05) is 12.1 Å². The Hall–Kier alpha value is -3.66. The van der Waals surface area contributed by atoms with Crippen molar-refractivity contribution >= 4 is 46.0 Å². The zero-order valence-electron chi connectivity index (χ0n) is 18.5. The number of thiocarbonyl (C=S) groups is 1. The summed E-state index contributed by atoms with van der Waals surface area (Å²) in [5.74, 6) is -1.21. The van der Waals surface area contributed by atoms with Crippen LogP contribution in [-0.4, -0.2) is 24.1 Å². The first kappa shape index (κ1) is 24.5. The zero-order chi connectivity index (χ0) is 25.0. The van der Waals surface area contributed by atoms with E-state index in [0.717, 1.165) is 25.0 Å². The van der Waals surface area contributed by atoms with Crippen LogP contribution in [0.15, 0.2) is 66.7 Å². The quantitative estimate of drug-likeness (QED) is 0.275. The molecule has 0 radical (unpaired) electrons. The van der Waals surface area contributed by atoms with E-state index >= 15 is 0 Å². The molecule has 0 atom stereocenters. The van der Waals surface area contributed by atoms with Crippen LogP contribution in [0.2, 0.25) is 0 Å². The molecule has 1 aliphatic heterocycles. The van der Waals surface area contributed by atoms with Crippen molar-refractivity contribution in [2.45, 2.75) is 19.0 Å². The van der Waals surface area contributed by atoms with Crippen LogP contribution in [0, 0.1) is 5.82 Å². The molecule has 3 N–H and O–H groups in total. The number of carbonyl (C=O) groups is 1. The Morgan fingerprint density at radius 2 is 1.43 bits per heavy atom. The smallest absolute Gasteiger partial charge is 0.371 e. The van der Waals surface area contributed by atoms with Gasteiger partial charge in [0.15, 0.2) is 5.11 Å². The van der Waals surface area contributed by atoms with E-state index < -0.39 is 23.5 Å². The van der Waals surface area contributed by atoms with Crippen LogP contribution in [-0.2, 0) is 6.18 Å². The molecule has 1 amide bonds. The number of hydrogen-bond acceptors (Lipinski definition) is 3. The molecule has 0 spiro atoms. The summed E-state index contributed by atoms with van der Waals surface area (Å²) in [7, 11) is 0. The van der Waals surface area contributed by atoms with Crippen LogP contribution in [0.3, 0.4) is 0 Å². The standard InChI is InChI=1S/C25H22F4N4OS/c26-22-6-2-1-5-21(22)23(34)30-17-7-9-18(10-8-17)31-24(35)32-19-13-16(25(27,28)29)14-20(15-19)33-11-3-4-12-33/h1-2,5-10,13-15H,3-4,11-12H2,(H,30,34)(H2,31,32,35). The van der Waals surface area contributed by atoms with E-state index in [9.17, 15) is 22.4 Å². The first-order valence-corrected chi connectivity index (χ1v) is 11.3. The van der Waals surface area contributed by atoms with E-state index in [1.54, 1.807) is 36.4 Å². The van der Waals surface area contributed by atoms with Gasteiger partial charge in [0.05, 0.1) is 11.1 Å². The van der Waals surface area contributed by atoms with Crippen LogP contribution < -0.4 is 20.9 Å². The molecule has 0 unspecified atom stereocenters. The van der Waals surface area contributed by atoms with Gasteiger partial charge in [-0.25, -0.2) is 4.39 Å². The fraction of sp³-hybridized carbons (Fsp3) is 0.200. The maximum Gasteiger partial charge on any atom is 0.416 e. The van der Waals surface area contributed by atoms with Gasteiger partial charge in [0, 0.05) is 35.8 Å². The van der Waals surface area contributed by atoms with E-state index in [2.05, 4.69) is 16.0 Å². The average molecular weight is 503 g/mol. The van der Waals surface area contributed by atoms with Crippen LogP contribution in [0.1, 0.15) is 28.8 Å². The largest absolute Gasteiger partial charge is 0.416 e. The molecule has 35 heavy (non-hydrogen) atoms. The Bertz CT molecular complexity index is 1220. The fourth-order valence-corrected chi connectivity index (χ4v) is 4.01. The van der Waals surface area contributed by atoms with Gasteiger partial charge in [-0.2, -0.15) is 13.2 Å². The van der Waals surface area contributed by atoms with Gasteiger partial charge in [0.2, 0.25) is 0 Å². The van der Waals surface area contributed by atoms with Crippen LogP contribution in [0.5, 0.6) is 0 Å². The molecule has 0 saturated carbocycles. The number of amides is 1. The maximum absolute atomic E-state index is 13.8. The molecule has 0 bridgehead atoms. The third kappa shape index (κ3) is 6.27. The average Bonchev–Trinajstić information content (AvgIpc) is 3.35. The molecule has 3 aromatic rings. The van der Waals surface area contributed by atoms with Crippen molar-refractivity contribution in [2.24, 2.45) is 0 Å². The third-order valence-electron chi connectivity index (χ3n) is 5.49. The number of anilines is 4. The highest BCUT2D eigenvalue weighted by molar-refractivity contribution is 7.80. The Kier molecular flexibility index (Phi) is 7.20. The lowest BCUT2D eigenvalue weighted by atomic mass is 10.1. The zero-order valence-corrected chi connectivity index (χ0v) is 19.3. The summed E-state index contributed by atoms with van der Waals surface area (Å²) in [5.41, 5.74) is 0.899. The van der Waals surface area contributed by atoms with Crippen molar-refractivity contribution in [1.82, 2.24) is 0 Å². The second-order valence-electron chi connectivity index (χ2n) is 8.05. The molecule has 0 aliphatic carbocycles. The number of hydrogen-bond donors (Lipinski definition) is 3. The second kappa shape index (κ2) is 10.3. The minimum atomic E-state index is -4.48. The number of benzene rings is 3. The molecule has 1 saturated heterocycles. The lowest BCUT2D eigenvalue weighted by Crippen LogP contribution is -2.22. The van der Waals surface area contributed by atoms with Crippen molar-refractivity contribution in [3.63, 3.8) is 0 Å². The molecule has 1 fully saturated rings. The summed E-state index contributed by atoms with van der Waals surface area (Å²) in [6.07, 6.45) is -2.60. The molecule has 1 heterocycles. The summed E-state index contributed by atoms with van der Waals surface area (Å²) in [4.78, 5) is 14.2. The van der Waals surface area contributed by atoms with Gasteiger partial charge in [-0.3, -0.25) is 4.79 Å². The molecule has 3 aromatic carbocycles. The number of carbonyl (C=O) groups excluding carboxylic acids is 1. The van der Waals surface area contributed by atoms with Crippen LogP contribution in [0.4, 0.5) is 40.3 Å². The van der Waals surface area contributed by atoms with Crippen molar-refractivity contribution in [3.05, 3.63) is 83.7 Å². The van der Waals surface area contributed by atoms with Crippen LogP contribution >= 0.6 is 12.2 Å². The first-order valence-electron chi connectivity index (χ1n) is 10.9. The minimum Gasteiger partial charge on any atom is -0.371 e. The summed E-state index contributed by atoms with van der Waals surface area (Å²) >= 11 is 5.29. The van der Waals surface area contributed by atoms with Gasteiger partial charge in [-0.15, -0.1) is 0 Å². The third-order valence-corrected chi connectivity index (χ3v) is 5.70. The lowest BCUT2D eigenvalue weighted by Gasteiger charge is -2.21. The van der Waals surface area contributed by atoms with Crippen LogP contribution in [0.25, 0.3) is 0 Å². The van der Waals surface area contributed by atoms with E-state index in [1.807, 2.05) is 4.90 Å². The Labute approximate surface area is 205 Å². The summed E-state index contributed by atoms with van der Waals surface area (Å²) in [5, 5.41) is 8.45. The summed E-state index contributed by atoms with van der Waals surface area (Å²) in [6, 6.07) is 15.9. The highest BCUT2D eigenvalue weighted by atomic mass is 32.1. The predicted octanol–water partition coefficient (Wildman–Crippen LogP) is 6.51. The van der Waals surface area contributed by atoms with Gasteiger partial charge < -0.3 is 20.9 Å². The molecule has 182 valence electrons. The highest BCUT2D eigenvalue weighted by Crippen LogP contribution is 2.35. The highest BCUT2D eigenvalue weighted by Gasteiger charge is 2.32. The number of nitrogens with zero attached hydrogens (tertiary/aromatic N) is 1. The van der Waals surface area contributed by atoms with Crippen molar-refractivity contribution in [1.29, 1.82) is 0 Å². The molecular weight excluding hydrogens is 480 g/mol. The number of rotatable bonds is 5. The van der Waals surface area contributed by atoms with E-state index in [-0.39, 0.29) is 16.4 Å².